The molecular weight excluding hydrogens is 354 g/mol. The van der Waals surface area contributed by atoms with Crippen molar-refractivity contribution in [3.63, 3.8) is 0 Å². The molecule has 0 unspecified atom stereocenters. The van der Waals surface area contributed by atoms with Crippen molar-refractivity contribution in [1.29, 1.82) is 0 Å². The topological polar surface area (TPSA) is 154 Å². The maximum absolute atomic E-state index is 11.2. The number of nitrogens with zero attached hydrogens (tertiary/aromatic N) is 5. The fourth-order valence-corrected chi connectivity index (χ4v) is 1.94. The van der Waals surface area contributed by atoms with Crippen LogP contribution in [0.3, 0.4) is 0 Å². The summed E-state index contributed by atoms with van der Waals surface area (Å²) in [4.78, 5) is 34.3. The maximum Gasteiger partial charge on any atom is 0.492 e. The summed E-state index contributed by atoms with van der Waals surface area (Å²) in [6.45, 7) is 0. The quantitative estimate of drug-likeness (QED) is 0.637. The van der Waals surface area contributed by atoms with E-state index in [1.165, 1.54) is 0 Å². The summed E-state index contributed by atoms with van der Waals surface area (Å²) in [7, 11) is 0. The number of hydrogen-bond acceptors (Lipinski definition) is 7. The van der Waals surface area contributed by atoms with Crippen LogP contribution in [0, 0.1) is 20.2 Å². The van der Waals surface area contributed by atoms with Gasteiger partial charge in [0.15, 0.2) is 0 Å². The standard InChI is InChI=1S/C9H4BrN5O6/c10-8-11-9(15(20)21)12-13(8)6-2-1-4(14(18)19)3-5(6)7(16)17/h1-3H,(H,16,17). The number of hydrogen-bond donors (Lipinski definition) is 1. The summed E-state index contributed by atoms with van der Waals surface area (Å²) in [5, 5.41) is 33.9. The van der Waals surface area contributed by atoms with Crippen LogP contribution < -0.4 is 0 Å². The van der Waals surface area contributed by atoms with Gasteiger partial charge in [0.05, 0.1) is 16.2 Å². The number of carboxylic acids is 1. The highest BCUT2D eigenvalue weighted by Gasteiger charge is 2.25. The van der Waals surface area contributed by atoms with Gasteiger partial charge in [-0.2, -0.15) is 0 Å². The number of halogens is 1. The lowest BCUT2D eigenvalue weighted by Gasteiger charge is -2.03. The van der Waals surface area contributed by atoms with E-state index >= 15 is 0 Å². The Bertz CT molecular complexity index is 772. The zero-order chi connectivity index (χ0) is 15.7. The number of benzene rings is 1. The summed E-state index contributed by atoms with van der Waals surface area (Å²) in [6.07, 6.45) is 0. The summed E-state index contributed by atoms with van der Waals surface area (Å²) in [5.41, 5.74) is -0.966. The summed E-state index contributed by atoms with van der Waals surface area (Å²) < 4.78 is 0.760. The van der Waals surface area contributed by atoms with Crippen LogP contribution in [-0.4, -0.2) is 35.7 Å². The van der Waals surface area contributed by atoms with E-state index in [1.54, 1.807) is 0 Å². The van der Waals surface area contributed by atoms with Crippen LogP contribution in [0.15, 0.2) is 22.9 Å². The Morgan fingerprint density at radius 1 is 1.29 bits per heavy atom. The lowest BCUT2D eigenvalue weighted by atomic mass is 10.1. The molecule has 0 aliphatic rings. The molecule has 0 fully saturated rings. The molecule has 1 N–H and O–H groups in total. The first-order valence-electron chi connectivity index (χ1n) is 5.10. The number of non-ortho nitro benzene ring substituents is 1. The van der Waals surface area contributed by atoms with Crippen molar-refractivity contribution in [2.45, 2.75) is 0 Å². The highest BCUT2D eigenvalue weighted by molar-refractivity contribution is 9.10. The van der Waals surface area contributed by atoms with Crippen LogP contribution in [0.4, 0.5) is 11.6 Å². The number of nitro groups is 2. The number of carboxylic acid groups (broad SMARTS) is 1. The minimum Gasteiger partial charge on any atom is -0.478 e. The Morgan fingerprint density at radius 3 is 2.43 bits per heavy atom. The van der Waals surface area contributed by atoms with Crippen LogP contribution in [0.5, 0.6) is 0 Å². The molecule has 0 amide bonds. The molecule has 1 aromatic carbocycles. The maximum atomic E-state index is 11.2. The molecule has 2 aromatic rings. The molecule has 12 heteroatoms. The van der Waals surface area contributed by atoms with Gasteiger partial charge in [-0.25, -0.2) is 4.79 Å². The van der Waals surface area contributed by atoms with Crippen LogP contribution in [0.2, 0.25) is 0 Å². The molecule has 0 radical (unpaired) electrons. The second kappa shape index (κ2) is 5.24. The molecule has 0 aliphatic heterocycles. The predicted molar refractivity (Wildman–Crippen MR) is 69.3 cm³/mol. The second-order valence-corrected chi connectivity index (χ2v) is 4.32. The largest absolute Gasteiger partial charge is 0.492 e. The number of nitro benzene ring substituents is 1. The van der Waals surface area contributed by atoms with Gasteiger partial charge in [0.25, 0.3) is 10.4 Å². The highest BCUT2D eigenvalue weighted by Crippen LogP contribution is 2.24. The molecule has 11 nitrogen and oxygen atoms in total. The zero-order valence-electron chi connectivity index (χ0n) is 9.83. The summed E-state index contributed by atoms with van der Waals surface area (Å²) in [5.74, 6) is -2.18. The van der Waals surface area contributed by atoms with Crippen molar-refractivity contribution in [3.05, 3.63) is 48.7 Å². The number of aromatic nitrogens is 3. The fraction of sp³-hybridized carbons (Fsp3) is 0. The van der Waals surface area contributed by atoms with E-state index in [9.17, 15) is 25.0 Å². The average Bonchev–Trinajstić information content (AvgIpc) is 2.80. The van der Waals surface area contributed by atoms with E-state index < -0.39 is 33.0 Å². The molecule has 0 atom stereocenters. The molecule has 0 saturated carbocycles. The van der Waals surface area contributed by atoms with Gasteiger partial charge in [-0.15, -0.1) is 4.68 Å². The Morgan fingerprint density at radius 2 is 1.95 bits per heavy atom. The SMILES string of the molecule is O=C(O)c1cc([N+](=O)[O-])ccc1-n1nc([N+](=O)[O-])nc1Br. The van der Waals surface area contributed by atoms with Crippen molar-refractivity contribution in [2.24, 2.45) is 0 Å². The van der Waals surface area contributed by atoms with Gasteiger partial charge >= 0.3 is 11.9 Å². The zero-order valence-corrected chi connectivity index (χ0v) is 11.4. The third-order valence-electron chi connectivity index (χ3n) is 2.37. The van der Waals surface area contributed by atoms with Gasteiger partial charge in [-0.05, 0) is 16.0 Å². The van der Waals surface area contributed by atoms with Gasteiger partial charge < -0.3 is 15.2 Å². The Labute approximate surface area is 123 Å². The molecule has 1 heterocycles. The molecule has 21 heavy (non-hydrogen) atoms. The first-order valence-corrected chi connectivity index (χ1v) is 5.89. The highest BCUT2D eigenvalue weighted by atomic mass is 79.9. The molecule has 2 rings (SSSR count). The molecular formula is C9H4BrN5O6. The van der Waals surface area contributed by atoms with Crippen molar-refractivity contribution < 1.29 is 19.7 Å². The fourth-order valence-electron chi connectivity index (χ4n) is 1.51. The number of aromatic carboxylic acids is 1. The summed E-state index contributed by atoms with van der Waals surface area (Å²) in [6, 6.07) is 3.00. The molecule has 0 bridgehead atoms. The van der Waals surface area contributed by atoms with Gasteiger partial charge in [0, 0.05) is 33.2 Å². The monoisotopic (exact) mass is 357 g/mol. The van der Waals surface area contributed by atoms with E-state index in [2.05, 4.69) is 26.0 Å². The normalized spacial score (nSPS) is 10.3. The smallest absolute Gasteiger partial charge is 0.478 e. The van der Waals surface area contributed by atoms with Crippen molar-refractivity contribution >= 4 is 33.5 Å². The third kappa shape index (κ3) is 2.69. The third-order valence-corrected chi connectivity index (χ3v) is 2.88. The number of carbonyl (C=O) groups is 1. The van der Waals surface area contributed by atoms with Crippen LogP contribution in [0.1, 0.15) is 10.4 Å². The van der Waals surface area contributed by atoms with E-state index in [0.29, 0.717) is 0 Å². The van der Waals surface area contributed by atoms with Crippen molar-refractivity contribution in [3.8, 4) is 5.69 Å². The molecule has 108 valence electrons. The van der Waals surface area contributed by atoms with Crippen LogP contribution in [0.25, 0.3) is 5.69 Å². The molecule has 0 saturated heterocycles. The van der Waals surface area contributed by atoms with E-state index in [0.717, 1.165) is 22.9 Å². The lowest BCUT2D eigenvalue weighted by Crippen LogP contribution is -2.08. The Hall–Kier alpha value is -2.89. The Balaban J connectivity index is 2.66. The van der Waals surface area contributed by atoms with E-state index in [4.69, 9.17) is 5.11 Å². The van der Waals surface area contributed by atoms with E-state index in [-0.39, 0.29) is 10.4 Å². The second-order valence-electron chi connectivity index (χ2n) is 3.61. The van der Waals surface area contributed by atoms with Crippen molar-refractivity contribution in [1.82, 2.24) is 14.8 Å². The first-order chi connectivity index (χ1) is 9.81. The average molecular weight is 358 g/mol. The first kappa shape index (κ1) is 14.5. The Kier molecular flexibility index (Phi) is 3.62. The van der Waals surface area contributed by atoms with Gasteiger partial charge in [0.2, 0.25) is 0 Å². The van der Waals surface area contributed by atoms with Crippen LogP contribution in [-0.2, 0) is 0 Å². The molecule has 0 aliphatic carbocycles. The predicted octanol–water partition coefficient (Wildman–Crippen LogP) is 1.54. The lowest BCUT2D eigenvalue weighted by molar-refractivity contribution is -0.394. The van der Waals surface area contributed by atoms with Gasteiger partial charge in [-0.1, -0.05) is 0 Å². The number of rotatable bonds is 4. The minimum absolute atomic E-state index is 0.0967. The van der Waals surface area contributed by atoms with Gasteiger partial charge in [0.1, 0.15) is 0 Å². The van der Waals surface area contributed by atoms with Crippen molar-refractivity contribution in [2.75, 3.05) is 0 Å². The van der Waals surface area contributed by atoms with Gasteiger partial charge in [-0.3, -0.25) is 10.1 Å². The van der Waals surface area contributed by atoms with E-state index in [1.807, 2.05) is 0 Å². The molecule has 1 aromatic heterocycles. The minimum atomic E-state index is -1.45. The summed E-state index contributed by atoms with van der Waals surface area (Å²) >= 11 is 2.91. The van der Waals surface area contributed by atoms with Crippen LogP contribution >= 0.6 is 15.9 Å². The molecule has 0 spiro atoms.